The van der Waals surface area contributed by atoms with E-state index >= 15 is 0 Å². The average Bonchev–Trinajstić information content (AvgIpc) is 3.89. The van der Waals surface area contributed by atoms with Crippen molar-refractivity contribution in [3.63, 3.8) is 0 Å². The maximum atomic E-state index is 4.78. The summed E-state index contributed by atoms with van der Waals surface area (Å²) in [6.07, 6.45) is 10.6. The SMILES string of the molecule is CC1=NC=C(C2CC2)C1.Cc1ncc(C2CC2)n1C(c1ccccc1)(c1ccccc1)c1ccccc1. The van der Waals surface area contributed by atoms with Crippen molar-refractivity contribution < 1.29 is 0 Å². The molecule has 7 rings (SSSR count). The maximum Gasteiger partial charge on any atom is 0.122 e. The first kappa shape index (κ1) is 23.7. The highest BCUT2D eigenvalue weighted by Crippen LogP contribution is 2.48. The van der Waals surface area contributed by atoms with E-state index in [-0.39, 0.29) is 0 Å². The highest BCUT2D eigenvalue weighted by atomic mass is 15.2. The standard InChI is InChI=1S/C26H24N2.C8H11N/c1-20-27-19-25(21-17-18-21)28(20)26(22-11-5-2-6-12-22,23-13-7-3-8-14-23)24-15-9-4-10-16-24;1-6-4-8(5-9-6)7-2-3-7/h2-16,19,21H,17-18H2,1H3;5,7H,2-4H2,1H3. The lowest BCUT2D eigenvalue weighted by Gasteiger charge is -2.39. The van der Waals surface area contributed by atoms with Gasteiger partial charge in [0.25, 0.3) is 0 Å². The first-order valence-corrected chi connectivity index (χ1v) is 13.6. The van der Waals surface area contributed by atoms with E-state index in [1.807, 2.05) is 0 Å². The van der Waals surface area contributed by atoms with Gasteiger partial charge in [0.1, 0.15) is 11.4 Å². The molecule has 186 valence electrons. The van der Waals surface area contributed by atoms with Gasteiger partial charge in [0.05, 0.1) is 0 Å². The van der Waals surface area contributed by atoms with Crippen molar-refractivity contribution in [1.29, 1.82) is 0 Å². The molecule has 3 aromatic carbocycles. The summed E-state index contributed by atoms with van der Waals surface area (Å²) < 4.78 is 2.49. The molecule has 0 bridgehead atoms. The van der Waals surface area contributed by atoms with Crippen LogP contribution < -0.4 is 0 Å². The van der Waals surface area contributed by atoms with Crippen LogP contribution in [0.4, 0.5) is 0 Å². The summed E-state index contributed by atoms with van der Waals surface area (Å²) in [7, 11) is 0. The van der Waals surface area contributed by atoms with E-state index in [0.717, 1.165) is 18.2 Å². The summed E-state index contributed by atoms with van der Waals surface area (Å²) in [6.45, 7) is 4.24. The summed E-state index contributed by atoms with van der Waals surface area (Å²) in [6, 6.07) is 32.6. The lowest BCUT2D eigenvalue weighted by Crippen LogP contribution is -2.39. The van der Waals surface area contributed by atoms with Crippen molar-refractivity contribution in [2.24, 2.45) is 10.9 Å². The van der Waals surface area contributed by atoms with Crippen LogP contribution >= 0.6 is 0 Å². The summed E-state index contributed by atoms with van der Waals surface area (Å²) in [5, 5.41) is 0. The smallest absolute Gasteiger partial charge is 0.122 e. The minimum atomic E-state index is -0.442. The molecule has 0 N–H and O–H groups in total. The van der Waals surface area contributed by atoms with Gasteiger partial charge in [-0.25, -0.2) is 4.98 Å². The van der Waals surface area contributed by atoms with Gasteiger partial charge in [0.15, 0.2) is 0 Å². The molecule has 37 heavy (non-hydrogen) atoms. The molecule has 3 heteroatoms. The molecule has 2 heterocycles. The Hall–Kier alpha value is -3.72. The molecule has 0 spiro atoms. The number of aryl methyl sites for hydroxylation is 1. The zero-order valence-corrected chi connectivity index (χ0v) is 21.8. The monoisotopic (exact) mass is 485 g/mol. The maximum absolute atomic E-state index is 4.78. The van der Waals surface area contributed by atoms with Gasteiger partial charge in [-0.2, -0.15) is 0 Å². The number of hydrogen-bond donors (Lipinski definition) is 0. The Labute approximate surface area is 220 Å². The van der Waals surface area contributed by atoms with Crippen molar-refractivity contribution in [2.45, 2.75) is 57.4 Å². The van der Waals surface area contributed by atoms with Crippen LogP contribution in [0.5, 0.6) is 0 Å². The number of nitrogens with zero attached hydrogens (tertiary/aromatic N) is 3. The van der Waals surface area contributed by atoms with E-state index in [1.54, 1.807) is 5.57 Å². The fourth-order valence-corrected chi connectivity index (χ4v) is 5.77. The molecule has 3 aliphatic rings. The Kier molecular flexibility index (Phi) is 6.38. The summed E-state index contributed by atoms with van der Waals surface area (Å²) in [5.41, 5.74) is 7.54. The zero-order valence-electron chi connectivity index (χ0n) is 21.8. The van der Waals surface area contributed by atoms with Crippen LogP contribution in [-0.4, -0.2) is 15.3 Å². The molecule has 0 saturated heterocycles. The molecular weight excluding hydrogens is 450 g/mol. The van der Waals surface area contributed by atoms with Gasteiger partial charge < -0.3 is 4.57 Å². The topological polar surface area (TPSA) is 30.2 Å². The van der Waals surface area contributed by atoms with E-state index < -0.39 is 5.54 Å². The second kappa shape index (κ2) is 9.97. The van der Waals surface area contributed by atoms with E-state index in [9.17, 15) is 0 Å². The molecule has 4 aromatic rings. The minimum Gasteiger partial charge on any atom is -0.313 e. The third-order valence-corrected chi connectivity index (χ3v) is 7.88. The molecule has 3 nitrogen and oxygen atoms in total. The molecule has 0 amide bonds. The summed E-state index contributed by atoms with van der Waals surface area (Å²) in [4.78, 5) is 9.02. The van der Waals surface area contributed by atoms with E-state index in [2.05, 4.69) is 127 Å². The Morgan fingerprint density at radius 1 is 0.676 bits per heavy atom. The first-order valence-electron chi connectivity index (χ1n) is 13.6. The van der Waals surface area contributed by atoms with E-state index in [0.29, 0.717) is 5.92 Å². The van der Waals surface area contributed by atoms with Crippen LogP contribution in [0.3, 0.4) is 0 Å². The lowest BCUT2D eigenvalue weighted by atomic mass is 9.76. The largest absolute Gasteiger partial charge is 0.313 e. The number of hydrogen-bond acceptors (Lipinski definition) is 2. The number of aliphatic imine (C=N–C) groups is 1. The van der Waals surface area contributed by atoms with Gasteiger partial charge in [-0.05, 0) is 67.7 Å². The zero-order chi connectivity index (χ0) is 25.2. The van der Waals surface area contributed by atoms with Gasteiger partial charge in [0, 0.05) is 36.1 Å². The molecule has 1 aromatic heterocycles. The number of rotatable bonds is 6. The van der Waals surface area contributed by atoms with Gasteiger partial charge >= 0.3 is 0 Å². The normalized spacial score (nSPS) is 17.0. The number of aromatic nitrogens is 2. The molecular formula is C34H35N3. The molecule has 2 saturated carbocycles. The van der Waals surface area contributed by atoms with Crippen molar-refractivity contribution in [3.8, 4) is 0 Å². The fourth-order valence-electron chi connectivity index (χ4n) is 5.77. The summed E-state index contributed by atoms with van der Waals surface area (Å²) in [5.74, 6) is 2.58. The Morgan fingerprint density at radius 3 is 1.57 bits per heavy atom. The molecule has 0 radical (unpaired) electrons. The fraction of sp³-hybridized carbons (Fsp3) is 0.294. The van der Waals surface area contributed by atoms with Crippen molar-refractivity contribution in [1.82, 2.24) is 9.55 Å². The Bertz CT molecular complexity index is 1310. The Balaban J connectivity index is 0.000000235. The highest BCUT2D eigenvalue weighted by molar-refractivity contribution is 5.87. The van der Waals surface area contributed by atoms with Gasteiger partial charge in [-0.3, -0.25) is 4.99 Å². The van der Waals surface area contributed by atoms with E-state index in [4.69, 9.17) is 4.98 Å². The third-order valence-electron chi connectivity index (χ3n) is 7.88. The van der Waals surface area contributed by atoms with Crippen LogP contribution in [0.1, 0.15) is 73.2 Å². The van der Waals surface area contributed by atoms with Crippen molar-refractivity contribution >= 4 is 5.71 Å². The van der Waals surface area contributed by atoms with Crippen LogP contribution in [0.25, 0.3) is 0 Å². The van der Waals surface area contributed by atoms with Crippen LogP contribution in [0.15, 0.2) is 114 Å². The minimum absolute atomic E-state index is 0.442. The molecule has 2 fully saturated rings. The average molecular weight is 486 g/mol. The third kappa shape index (κ3) is 4.59. The highest BCUT2D eigenvalue weighted by Gasteiger charge is 2.43. The molecule has 0 atom stereocenters. The first-order chi connectivity index (χ1) is 18.2. The van der Waals surface area contributed by atoms with Crippen LogP contribution in [-0.2, 0) is 5.54 Å². The van der Waals surface area contributed by atoms with Gasteiger partial charge in [-0.15, -0.1) is 0 Å². The molecule has 2 aliphatic carbocycles. The lowest BCUT2D eigenvalue weighted by molar-refractivity contribution is 0.484. The second-order valence-electron chi connectivity index (χ2n) is 10.7. The van der Waals surface area contributed by atoms with Crippen LogP contribution in [0, 0.1) is 12.8 Å². The number of benzene rings is 3. The quantitative estimate of drug-likeness (QED) is 0.254. The van der Waals surface area contributed by atoms with Crippen LogP contribution in [0.2, 0.25) is 0 Å². The second-order valence-corrected chi connectivity index (χ2v) is 10.7. The summed E-state index contributed by atoms with van der Waals surface area (Å²) >= 11 is 0. The van der Waals surface area contributed by atoms with Crippen molar-refractivity contribution in [3.05, 3.63) is 137 Å². The molecule has 1 aliphatic heterocycles. The van der Waals surface area contributed by atoms with E-state index in [1.165, 1.54) is 53.8 Å². The predicted octanol–water partition coefficient (Wildman–Crippen LogP) is 8.05. The number of allylic oxidation sites excluding steroid dienone is 1. The Morgan fingerprint density at radius 2 is 1.16 bits per heavy atom. The molecule has 0 unspecified atom stereocenters. The van der Waals surface area contributed by atoms with Crippen molar-refractivity contribution in [2.75, 3.05) is 0 Å². The van der Waals surface area contributed by atoms with Gasteiger partial charge in [-0.1, -0.05) is 91.0 Å². The predicted molar refractivity (Wildman–Crippen MR) is 152 cm³/mol. The number of imidazole rings is 1. The van der Waals surface area contributed by atoms with Gasteiger partial charge in [0.2, 0.25) is 0 Å².